The number of carbonyl (C=O) groups excluding carboxylic acids is 2. The molecule has 2 amide bonds. The first-order chi connectivity index (χ1) is 12.9. The number of benzene rings is 2. The van der Waals surface area contributed by atoms with E-state index in [0.717, 1.165) is 16.8 Å². The molecular weight excluding hydrogens is 340 g/mol. The van der Waals surface area contributed by atoms with Gasteiger partial charge in [-0.05, 0) is 43.0 Å². The molecule has 0 saturated heterocycles. The predicted octanol–water partition coefficient (Wildman–Crippen LogP) is 4.26. The van der Waals surface area contributed by atoms with Crippen molar-refractivity contribution in [3.05, 3.63) is 53.6 Å². The standard InChI is InChI=1S/C22H26N2O3/c1-14(2)17-9-7-8-15(3)21(17)23-20(25)12-13-24-18-10-5-6-11-19(18)27-16(4)22(24)26/h5-11,14,16H,12-13H2,1-4H3,(H,23,25)/t16-/m0/s1. The third-order valence-corrected chi connectivity index (χ3v) is 4.83. The van der Waals surface area contributed by atoms with E-state index in [1.54, 1.807) is 11.8 Å². The smallest absolute Gasteiger partial charge is 0.267 e. The molecule has 27 heavy (non-hydrogen) atoms. The van der Waals surface area contributed by atoms with Crippen LogP contribution in [-0.2, 0) is 9.59 Å². The van der Waals surface area contributed by atoms with E-state index in [1.807, 2.05) is 49.4 Å². The third kappa shape index (κ3) is 3.97. The lowest BCUT2D eigenvalue weighted by molar-refractivity contribution is -0.125. The average Bonchev–Trinajstić information content (AvgIpc) is 2.63. The summed E-state index contributed by atoms with van der Waals surface area (Å²) >= 11 is 0. The van der Waals surface area contributed by atoms with Crippen molar-refractivity contribution in [1.29, 1.82) is 0 Å². The summed E-state index contributed by atoms with van der Waals surface area (Å²) in [4.78, 5) is 26.8. The number of nitrogens with one attached hydrogen (secondary N) is 1. The molecule has 142 valence electrons. The van der Waals surface area contributed by atoms with Crippen LogP contribution in [0.3, 0.4) is 0 Å². The van der Waals surface area contributed by atoms with E-state index in [0.29, 0.717) is 23.9 Å². The fourth-order valence-electron chi connectivity index (χ4n) is 3.35. The minimum atomic E-state index is -0.549. The van der Waals surface area contributed by atoms with Crippen LogP contribution in [0.1, 0.15) is 44.2 Å². The van der Waals surface area contributed by atoms with Crippen LogP contribution >= 0.6 is 0 Å². The zero-order valence-electron chi connectivity index (χ0n) is 16.3. The quantitative estimate of drug-likeness (QED) is 0.860. The van der Waals surface area contributed by atoms with Crippen molar-refractivity contribution in [2.24, 2.45) is 0 Å². The highest BCUT2D eigenvalue weighted by molar-refractivity contribution is 6.01. The molecule has 1 N–H and O–H groups in total. The maximum atomic E-state index is 12.6. The highest BCUT2D eigenvalue weighted by atomic mass is 16.5. The van der Waals surface area contributed by atoms with E-state index in [-0.39, 0.29) is 18.2 Å². The van der Waals surface area contributed by atoms with E-state index in [1.165, 1.54) is 0 Å². The van der Waals surface area contributed by atoms with E-state index in [4.69, 9.17) is 4.74 Å². The Bertz CT molecular complexity index is 860. The summed E-state index contributed by atoms with van der Waals surface area (Å²) in [6, 6.07) is 13.5. The number of hydrogen-bond donors (Lipinski definition) is 1. The zero-order valence-corrected chi connectivity index (χ0v) is 16.3. The van der Waals surface area contributed by atoms with Crippen molar-refractivity contribution in [3.63, 3.8) is 0 Å². The SMILES string of the molecule is Cc1cccc(C(C)C)c1NC(=O)CCN1C(=O)[C@H](C)Oc2ccccc21. The molecule has 1 aliphatic heterocycles. The summed E-state index contributed by atoms with van der Waals surface area (Å²) in [6.45, 7) is 8.25. The topological polar surface area (TPSA) is 58.6 Å². The van der Waals surface area contributed by atoms with Gasteiger partial charge in [0.05, 0.1) is 5.69 Å². The van der Waals surface area contributed by atoms with Crippen molar-refractivity contribution in [2.75, 3.05) is 16.8 Å². The van der Waals surface area contributed by atoms with Crippen LogP contribution in [0.2, 0.25) is 0 Å². The number of hydrogen-bond acceptors (Lipinski definition) is 3. The van der Waals surface area contributed by atoms with Gasteiger partial charge >= 0.3 is 0 Å². The lowest BCUT2D eigenvalue weighted by Crippen LogP contribution is -2.45. The highest BCUT2D eigenvalue weighted by Gasteiger charge is 2.31. The molecule has 0 bridgehead atoms. The lowest BCUT2D eigenvalue weighted by atomic mass is 9.98. The summed E-state index contributed by atoms with van der Waals surface area (Å²) < 4.78 is 5.64. The molecule has 0 radical (unpaired) electrons. The summed E-state index contributed by atoms with van der Waals surface area (Å²) in [5, 5.41) is 3.04. The predicted molar refractivity (Wildman–Crippen MR) is 107 cm³/mol. The largest absolute Gasteiger partial charge is 0.479 e. The van der Waals surface area contributed by atoms with E-state index < -0.39 is 6.10 Å². The molecule has 1 heterocycles. The van der Waals surface area contributed by atoms with Gasteiger partial charge in [0.1, 0.15) is 5.75 Å². The number of amides is 2. The Kier molecular flexibility index (Phi) is 5.49. The molecule has 1 atom stereocenters. The second kappa shape index (κ2) is 7.82. The first kappa shape index (κ1) is 19.0. The van der Waals surface area contributed by atoms with Gasteiger partial charge in [-0.15, -0.1) is 0 Å². The van der Waals surface area contributed by atoms with Gasteiger partial charge < -0.3 is 15.0 Å². The summed E-state index contributed by atoms with van der Waals surface area (Å²) in [5.41, 5.74) is 3.74. The molecule has 3 rings (SSSR count). The maximum Gasteiger partial charge on any atom is 0.267 e. The third-order valence-electron chi connectivity index (χ3n) is 4.83. The number of rotatable bonds is 5. The van der Waals surface area contributed by atoms with Crippen molar-refractivity contribution in [1.82, 2.24) is 0 Å². The number of carbonyl (C=O) groups is 2. The van der Waals surface area contributed by atoms with Crippen molar-refractivity contribution < 1.29 is 14.3 Å². The minimum absolute atomic E-state index is 0.101. The van der Waals surface area contributed by atoms with Crippen molar-refractivity contribution in [2.45, 2.75) is 46.1 Å². The Balaban J connectivity index is 1.73. The van der Waals surface area contributed by atoms with Crippen LogP contribution in [0, 0.1) is 6.92 Å². The molecule has 0 fully saturated rings. The zero-order chi connectivity index (χ0) is 19.6. The normalized spacial score (nSPS) is 16.1. The molecule has 0 aliphatic carbocycles. The minimum Gasteiger partial charge on any atom is -0.479 e. The van der Waals surface area contributed by atoms with Gasteiger partial charge in [-0.3, -0.25) is 9.59 Å². The molecule has 2 aromatic rings. The van der Waals surface area contributed by atoms with Crippen LogP contribution in [-0.4, -0.2) is 24.5 Å². The molecule has 0 saturated carbocycles. The molecule has 0 aromatic heterocycles. The number of anilines is 2. The van der Waals surface area contributed by atoms with Gasteiger partial charge in [0.15, 0.2) is 6.10 Å². The summed E-state index contributed by atoms with van der Waals surface area (Å²) in [5.74, 6) is 0.760. The fourth-order valence-corrected chi connectivity index (χ4v) is 3.35. The molecule has 5 heteroatoms. The van der Waals surface area contributed by atoms with E-state index >= 15 is 0 Å². The Hall–Kier alpha value is -2.82. The second-order valence-electron chi connectivity index (χ2n) is 7.21. The van der Waals surface area contributed by atoms with Crippen molar-refractivity contribution in [3.8, 4) is 5.75 Å². The van der Waals surface area contributed by atoms with Gasteiger partial charge in [0.2, 0.25) is 5.91 Å². The fraction of sp³-hybridized carbons (Fsp3) is 0.364. The number of nitrogens with zero attached hydrogens (tertiary/aromatic N) is 1. The number of ether oxygens (including phenoxy) is 1. The van der Waals surface area contributed by atoms with Crippen LogP contribution < -0.4 is 15.0 Å². The van der Waals surface area contributed by atoms with E-state index in [2.05, 4.69) is 19.2 Å². The lowest BCUT2D eigenvalue weighted by Gasteiger charge is -2.32. The van der Waals surface area contributed by atoms with Gasteiger partial charge in [-0.2, -0.15) is 0 Å². The molecule has 1 aliphatic rings. The molecule has 2 aromatic carbocycles. The Morgan fingerprint density at radius 3 is 2.67 bits per heavy atom. The average molecular weight is 366 g/mol. The van der Waals surface area contributed by atoms with Gasteiger partial charge in [-0.25, -0.2) is 0 Å². The Labute approximate surface area is 160 Å². The molecule has 0 spiro atoms. The number of aryl methyl sites for hydroxylation is 1. The summed E-state index contributed by atoms with van der Waals surface area (Å²) in [6.07, 6.45) is -0.328. The first-order valence-electron chi connectivity index (χ1n) is 9.35. The Morgan fingerprint density at radius 2 is 1.93 bits per heavy atom. The van der Waals surface area contributed by atoms with Gasteiger partial charge in [0.25, 0.3) is 5.91 Å². The number of fused-ring (bicyclic) bond motifs is 1. The van der Waals surface area contributed by atoms with Crippen molar-refractivity contribution >= 4 is 23.2 Å². The number of para-hydroxylation sites is 3. The van der Waals surface area contributed by atoms with Crippen LogP contribution in [0.5, 0.6) is 5.75 Å². The molecule has 5 nitrogen and oxygen atoms in total. The van der Waals surface area contributed by atoms with E-state index in [9.17, 15) is 9.59 Å². The van der Waals surface area contributed by atoms with Gasteiger partial charge in [0, 0.05) is 18.7 Å². The van der Waals surface area contributed by atoms with Gasteiger partial charge in [-0.1, -0.05) is 44.2 Å². The monoisotopic (exact) mass is 366 g/mol. The first-order valence-corrected chi connectivity index (χ1v) is 9.35. The van der Waals surface area contributed by atoms with Crippen LogP contribution in [0.25, 0.3) is 0 Å². The summed E-state index contributed by atoms with van der Waals surface area (Å²) in [7, 11) is 0. The second-order valence-corrected chi connectivity index (χ2v) is 7.21. The maximum absolute atomic E-state index is 12.6. The highest BCUT2D eigenvalue weighted by Crippen LogP contribution is 2.34. The van der Waals surface area contributed by atoms with Crippen LogP contribution in [0.4, 0.5) is 11.4 Å². The van der Waals surface area contributed by atoms with Crippen LogP contribution in [0.15, 0.2) is 42.5 Å². The molecular formula is C22H26N2O3. The molecule has 0 unspecified atom stereocenters. The Morgan fingerprint density at radius 1 is 1.19 bits per heavy atom.